The number of unbranched alkanes of at least 4 members (excludes halogenated alkanes) is 2. The zero-order valence-electron chi connectivity index (χ0n) is 16.2. The van der Waals surface area contributed by atoms with Gasteiger partial charge in [-0.2, -0.15) is 5.10 Å². The predicted molar refractivity (Wildman–Crippen MR) is 114 cm³/mol. The summed E-state index contributed by atoms with van der Waals surface area (Å²) in [6, 6.07) is 14.2. The van der Waals surface area contributed by atoms with Crippen molar-refractivity contribution in [1.82, 2.24) is 14.8 Å². The molecule has 0 bridgehead atoms. The van der Waals surface area contributed by atoms with Crippen LogP contribution in [0.1, 0.15) is 43.4 Å². The molecular formula is C22H23ClFN3OS. The molecule has 7 heteroatoms. The highest BCUT2D eigenvalue weighted by Crippen LogP contribution is 2.59. The van der Waals surface area contributed by atoms with E-state index in [0.717, 1.165) is 28.5 Å². The van der Waals surface area contributed by atoms with Crippen LogP contribution in [0.5, 0.6) is 0 Å². The fourth-order valence-electron chi connectivity index (χ4n) is 3.55. The van der Waals surface area contributed by atoms with Crippen LogP contribution in [0.25, 0.3) is 0 Å². The largest absolute Gasteiger partial charge is 0.354 e. The van der Waals surface area contributed by atoms with Crippen molar-refractivity contribution in [3.8, 4) is 0 Å². The van der Waals surface area contributed by atoms with E-state index in [1.165, 1.54) is 25.0 Å². The zero-order valence-corrected chi connectivity index (χ0v) is 17.8. The second-order valence-electron chi connectivity index (χ2n) is 7.17. The van der Waals surface area contributed by atoms with Crippen molar-refractivity contribution in [3.63, 3.8) is 0 Å². The topological polar surface area (TPSA) is 43.2 Å². The Kier molecular flexibility index (Phi) is 6.23. The fraction of sp³-hybridized carbons (Fsp3) is 0.364. The number of epoxide rings is 1. The van der Waals surface area contributed by atoms with Gasteiger partial charge < -0.3 is 4.74 Å². The normalized spacial score (nSPS) is 20.7. The molecule has 1 saturated heterocycles. The molecule has 2 unspecified atom stereocenters. The van der Waals surface area contributed by atoms with Crippen molar-refractivity contribution >= 4 is 23.4 Å². The van der Waals surface area contributed by atoms with Crippen LogP contribution in [0.2, 0.25) is 5.02 Å². The van der Waals surface area contributed by atoms with Crippen molar-refractivity contribution in [3.05, 3.63) is 76.8 Å². The molecule has 1 aliphatic rings. The second kappa shape index (κ2) is 8.86. The number of benzene rings is 2. The summed E-state index contributed by atoms with van der Waals surface area (Å²) in [7, 11) is 0. The van der Waals surface area contributed by atoms with Gasteiger partial charge in [0.05, 0.1) is 6.54 Å². The Labute approximate surface area is 179 Å². The van der Waals surface area contributed by atoms with Gasteiger partial charge in [0.15, 0.2) is 5.16 Å². The van der Waals surface area contributed by atoms with Crippen LogP contribution in [0, 0.1) is 5.82 Å². The van der Waals surface area contributed by atoms with Gasteiger partial charge in [-0.3, -0.25) is 0 Å². The number of aromatic nitrogens is 3. The van der Waals surface area contributed by atoms with Crippen LogP contribution in [0.15, 0.2) is 60.0 Å². The van der Waals surface area contributed by atoms with Gasteiger partial charge in [0.25, 0.3) is 0 Å². The lowest BCUT2D eigenvalue weighted by molar-refractivity contribution is 0.256. The van der Waals surface area contributed by atoms with Crippen LogP contribution in [-0.2, 0) is 16.9 Å². The summed E-state index contributed by atoms with van der Waals surface area (Å²) in [5.41, 5.74) is 1.18. The summed E-state index contributed by atoms with van der Waals surface area (Å²) in [5.74, 6) is 0.733. The summed E-state index contributed by atoms with van der Waals surface area (Å²) in [4.78, 5) is 4.42. The van der Waals surface area contributed by atoms with E-state index in [1.807, 2.05) is 28.9 Å². The SMILES string of the molecule is CCCCCSc1ncnn1CC1(c2ccc(F)cc2)OC1c1ccccc1Cl. The third-order valence-electron chi connectivity index (χ3n) is 5.16. The Hall–Kier alpha value is -1.89. The molecule has 2 atom stereocenters. The van der Waals surface area contributed by atoms with Crippen molar-refractivity contribution in [1.29, 1.82) is 0 Å². The lowest BCUT2D eigenvalue weighted by Crippen LogP contribution is -2.20. The Morgan fingerprint density at radius 2 is 1.97 bits per heavy atom. The quantitative estimate of drug-likeness (QED) is 0.236. The molecule has 0 aliphatic carbocycles. The van der Waals surface area contributed by atoms with Crippen LogP contribution >= 0.6 is 23.4 Å². The summed E-state index contributed by atoms with van der Waals surface area (Å²) in [5, 5.41) is 5.96. The van der Waals surface area contributed by atoms with E-state index in [1.54, 1.807) is 30.2 Å². The molecule has 0 N–H and O–H groups in total. The number of hydrogen-bond donors (Lipinski definition) is 0. The highest BCUT2D eigenvalue weighted by molar-refractivity contribution is 7.99. The van der Waals surface area contributed by atoms with Crippen LogP contribution in [0.3, 0.4) is 0 Å². The molecule has 0 spiro atoms. The van der Waals surface area contributed by atoms with Gasteiger partial charge in [0.1, 0.15) is 23.8 Å². The molecule has 2 heterocycles. The molecule has 2 aromatic carbocycles. The van der Waals surface area contributed by atoms with Crippen LogP contribution in [0.4, 0.5) is 4.39 Å². The third-order valence-corrected chi connectivity index (χ3v) is 6.57. The smallest absolute Gasteiger partial charge is 0.186 e. The number of hydrogen-bond acceptors (Lipinski definition) is 4. The first-order valence-electron chi connectivity index (χ1n) is 9.83. The molecule has 152 valence electrons. The molecule has 0 radical (unpaired) electrons. The Balaban J connectivity index is 1.61. The van der Waals surface area contributed by atoms with E-state index < -0.39 is 5.60 Å². The lowest BCUT2D eigenvalue weighted by atomic mass is 9.91. The number of rotatable bonds is 9. The first-order chi connectivity index (χ1) is 14.1. The van der Waals surface area contributed by atoms with Crippen molar-refractivity contribution in [2.45, 2.75) is 49.6 Å². The molecule has 0 saturated carbocycles. The number of ether oxygens (including phenoxy) is 1. The van der Waals surface area contributed by atoms with E-state index >= 15 is 0 Å². The molecule has 1 aliphatic heterocycles. The van der Waals surface area contributed by atoms with E-state index in [9.17, 15) is 4.39 Å². The summed E-state index contributed by atoms with van der Waals surface area (Å²) in [6.07, 6.45) is 4.90. The minimum Gasteiger partial charge on any atom is -0.354 e. The van der Waals surface area contributed by atoms with Gasteiger partial charge in [-0.1, -0.05) is 73.5 Å². The van der Waals surface area contributed by atoms with Crippen LogP contribution < -0.4 is 0 Å². The number of nitrogens with zero attached hydrogens (tertiary/aromatic N) is 3. The summed E-state index contributed by atoms with van der Waals surface area (Å²) >= 11 is 8.14. The maximum atomic E-state index is 13.5. The van der Waals surface area contributed by atoms with Gasteiger partial charge in [0, 0.05) is 16.3 Å². The Morgan fingerprint density at radius 1 is 1.17 bits per heavy atom. The first kappa shape index (κ1) is 20.4. The predicted octanol–water partition coefficient (Wildman–Crippen LogP) is 6.02. The van der Waals surface area contributed by atoms with Gasteiger partial charge in [-0.05, 0) is 30.2 Å². The Bertz CT molecular complexity index is 965. The van der Waals surface area contributed by atoms with Gasteiger partial charge in [-0.25, -0.2) is 14.1 Å². The minimum atomic E-state index is -0.648. The third kappa shape index (κ3) is 4.34. The zero-order chi connectivity index (χ0) is 20.3. The molecule has 29 heavy (non-hydrogen) atoms. The van der Waals surface area contributed by atoms with E-state index in [0.29, 0.717) is 11.6 Å². The second-order valence-corrected chi connectivity index (χ2v) is 8.64. The lowest BCUT2D eigenvalue weighted by Gasteiger charge is -2.16. The van der Waals surface area contributed by atoms with Crippen molar-refractivity contribution in [2.75, 3.05) is 5.75 Å². The van der Waals surface area contributed by atoms with Crippen molar-refractivity contribution in [2.24, 2.45) is 0 Å². The molecule has 4 nitrogen and oxygen atoms in total. The van der Waals surface area contributed by atoms with E-state index in [4.69, 9.17) is 16.3 Å². The summed E-state index contributed by atoms with van der Waals surface area (Å²) < 4.78 is 21.7. The van der Waals surface area contributed by atoms with Gasteiger partial charge in [-0.15, -0.1) is 0 Å². The highest BCUT2D eigenvalue weighted by Gasteiger charge is 2.59. The fourth-order valence-corrected chi connectivity index (χ4v) is 4.70. The van der Waals surface area contributed by atoms with Crippen molar-refractivity contribution < 1.29 is 9.13 Å². The number of halogens is 2. The van der Waals surface area contributed by atoms with Crippen LogP contribution in [-0.4, -0.2) is 20.5 Å². The molecule has 1 fully saturated rings. The highest BCUT2D eigenvalue weighted by atomic mass is 35.5. The molecule has 1 aromatic heterocycles. The maximum Gasteiger partial charge on any atom is 0.186 e. The van der Waals surface area contributed by atoms with E-state index in [-0.39, 0.29) is 11.9 Å². The molecule has 0 amide bonds. The molecular weight excluding hydrogens is 409 g/mol. The van der Waals surface area contributed by atoms with Gasteiger partial charge >= 0.3 is 0 Å². The van der Waals surface area contributed by atoms with E-state index in [2.05, 4.69) is 17.0 Å². The number of thioether (sulfide) groups is 1. The average Bonchev–Trinajstić information content (AvgIpc) is 3.27. The Morgan fingerprint density at radius 3 is 2.72 bits per heavy atom. The first-order valence-corrected chi connectivity index (χ1v) is 11.2. The molecule has 4 rings (SSSR count). The standard InChI is InChI=1S/C22H23ClFN3OS/c1-2-3-6-13-29-21-25-15-26-27(21)14-22(16-9-11-17(24)12-10-16)20(28-22)18-7-4-5-8-19(18)23/h4-5,7-12,15,20H,2-3,6,13-14H2,1H3. The average molecular weight is 432 g/mol. The summed E-state index contributed by atoms with van der Waals surface area (Å²) in [6.45, 7) is 2.68. The van der Waals surface area contributed by atoms with Gasteiger partial charge in [0.2, 0.25) is 0 Å². The maximum absolute atomic E-state index is 13.5. The monoisotopic (exact) mass is 431 g/mol. The minimum absolute atomic E-state index is 0.219. The molecule has 3 aromatic rings.